The van der Waals surface area contributed by atoms with Crippen molar-refractivity contribution in [2.24, 2.45) is 51.8 Å². The molecule has 2 heteroatoms. The molecule has 1 heterocycles. The highest BCUT2D eigenvalue weighted by atomic mass is 16.1. The smallest absolute Gasteiger partial charge is 0.149 e. The van der Waals surface area contributed by atoms with Gasteiger partial charge in [0.2, 0.25) is 0 Å². The SMILES string of the molecule is CC(C)CCC[C@@H](C)[C@H]1CC[C@H]2C34CN(C)CC(C3=O)C3=CCCC[C@]3(C)[C@H]4CC[C@]12C. The van der Waals surface area contributed by atoms with Crippen molar-refractivity contribution < 1.29 is 4.79 Å². The number of hydrogen-bond donors (Lipinski definition) is 0. The van der Waals surface area contributed by atoms with Crippen LogP contribution in [0.15, 0.2) is 11.6 Å². The van der Waals surface area contributed by atoms with Gasteiger partial charge in [-0.15, -0.1) is 0 Å². The Kier molecular flexibility index (Phi) is 5.75. The lowest BCUT2D eigenvalue weighted by atomic mass is 9.37. The molecular formula is C30H49NO. The second kappa shape index (κ2) is 7.96. The topological polar surface area (TPSA) is 20.3 Å². The summed E-state index contributed by atoms with van der Waals surface area (Å²) in [5, 5.41) is 0. The van der Waals surface area contributed by atoms with Crippen LogP contribution in [0.25, 0.3) is 0 Å². The molecule has 4 fully saturated rings. The normalized spacial score (nSPS) is 47.0. The molecular weight excluding hydrogens is 390 g/mol. The van der Waals surface area contributed by atoms with Gasteiger partial charge >= 0.3 is 0 Å². The molecule has 0 radical (unpaired) electrons. The molecule has 180 valence electrons. The number of hydrogen-bond acceptors (Lipinski definition) is 2. The maximum absolute atomic E-state index is 14.4. The van der Waals surface area contributed by atoms with E-state index in [0.29, 0.717) is 23.0 Å². The number of likely N-dealkylation sites (tertiary alicyclic amines) is 1. The van der Waals surface area contributed by atoms with E-state index in [4.69, 9.17) is 0 Å². The molecule has 0 N–H and O–H groups in total. The van der Waals surface area contributed by atoms with Crippen LogP contribution in [0.5, 0.6) is 0 Å². The lowest BCUT2D eigenvalue weighted by Gasteiger charge is -2.68. The summed E-state index contributed by atoms with van der Waals surface area (Å²) in [5.41, 5.74) is 2.11. The number of allylic oxidation sites excluding steroid dienone is 1. The van der Waals surface area contributed by atoms with Crippen LogP contribution in [0.2, 0.25) is 0 Å². The van der Waals surface area contributed by atoms with Crippen molar-refractivity contribution in [2.75, 3.05) is 20.1 Å². The predicted octanol–water partition coefficient (Wildman–Crippen LogP) is 7.14. The van der Waals surface area contributed by atoms with E-state index in [2.05, 4.69) is 52.6 Å². The first-order valence-corrected chi connectivity index (χ1v) is 14.1. The second-order valence-corrected chi connectivity index (χ2v) is 13.8. The Labute approximate surface area is 198 Å². The van der Waals surface area contributed by atoms with Gasteiger partial charge in [0.15, 0.2) is 0 Å². The fourth-order valence-electron chi connectivity index (χ4n) is 10.4. The lowest BCUT2D eigenvalue weighted by Crippen LogP contribution is -2.70. The summed E-state index contributed by atoms with van der Waals surface area (Å²) >= 11 is 0. The van der Waals surface area contributed by atoms with Crippen molar-refractivity contribution >= 4 is 5.78 Å². The number of carbonyl (C=O) groups is 1. The largest absolute Gasteiger partial charge is 0.304 e. The highest BCUT2D eigenvalue weighted by molar-refractivity contribution is 5.93. The summed E-state index contributed by atoms with van der Waals surface area (Å²) in [5.74, 6) is 4.45. The van der Waals surface area contributed by atoms with E-state index in [1.54, 1.807) is 5.57 Å². The minimum atomic E-state index is -0.0828. The third-order valence-electron chi connectivity index (χ3n) is 11.6. The molecule has 0 aromatic rings. The number of carbonyl (C=O) groups excluding carboxylic acids is 1. The van der Waals surface area contributed by atoms with Crippen molar-refractivity contribution in [2.45, 2.75) is 98.8 Å². The van der Waals surface area contributed by atoms with Gasteiger partial charge in [-0.2, -0.15) is 0 Å². The van der Waals surface area contributed by atoms with E-state index in [-0.39, 0.29) is 16.7 Å². The average molecular weight is 440 g/mol. The van der Waals surface area contributed by atoms with Crippen LogP contribution in [0.4, 0.5) is 0 Å². The van der Waals surface area contributed by atoms with Gasteiger partial charge in [0.1, 0.15) is 5.78 Å². The fourth-order valence-corrected chi connectivity index (χ4v) is 10.4. The molecule has 8 atom stereocenters. The molecule has 2 unspecified atom stereocenters. The number of ketones is 1. The van der Waals surface area contributed by atoms with Crippen LogP contribution < -0.4 is 0 Å². The monoisotopic (exact) mass is 439 g/mol. The van der Waals surface area contributed by atoms with Gasteiger partial charge in [-0.25, -0.2) is 0 Å². The summed E-state index contributed by atoms with van der Waals surface area (Å²) in [7, 11) is 2.30. The molecule has 2 nitrogen and oxygen atoms in total. The van der Waals surface area contributed by atoms with Gasteiger partial charge in [0.25, 0.3) is 0 Å². The molecule has 32 heavy (non-hydrogen) atoms. The highest BCUT2D eigenvalue weighted by Crippen LogP contribution is 2.73. The maximum Gasteiger partial charge on any atom is 0.149 e. The highest BCUT2D eigenvalue weighted by Gasteiger charge is 2.72. The second-order valence-electron chi connectivity index (χ2n) is 13.8. The van der Waals surface area contributed by atoms with E-state index in [1.807, 2.05) is 0 Å². The Morgan fingerprint density at radius 3 is 2.59 bits per heavy atom. The van der Waals surface area contributed by atoms with E-state index in [9.17, 15) is 4.79 Å². The summed E-state index contributed by atoms with van der Waals surface area (Å²) in [4.78, 5) is 17.0. The van der Waals surface area contributed by atoms with E-state index in [0.717, 1.165) is 30.8 Å². The van der Waals surface area contributed by atoms with Gasteiger partial charge in [0.05, 0.1) is 5.92 Å². The maximum atomic E-state index is 14.4. The third-order valence-corrected chi connectivity index (χ3v) is 11.6. The molecule has 2 bridgehead atoms. The van der Waals surface area contributed by atoms with Crippen LogP contribution >= 0.6 is 0 Å². The van der Waals surface area contributed by atoms with Crippen molar-refractivity contribution in [3.05, 3.63) is 11.6 Å². The van der Waals surface area contributed by atoms with Crippen molar-refractivity contribution in [1.29, 1.82) is 0 Å². The number of nitrogens with zero attached hydrogens (tertiary/aromatic N) is 1. The summed E-state index contributed by atoms with van der Waals surface area (Å²) in [6.07, 6.45) is 15.7. The standard InChI is InChI=1S/C30H49NO/c1-20(2)10-9-11-21(3)23-13-14-25-29(23,5)17-15-26-28(4)16-8-7-12-24(28)22-18-31(6)19-30(25,26)27(22)32/h12,20-23,25-26H,7-11,13-19H2,1-6H3/t21-,22?,23-,25-,26-,28+,29-,30?/m1/s1. The quantitative estimate of drug-likeness (QED) is 0.424. The van der Waals surface area contributed by atoms with Crippen LogP contribution in [0.3, 0.4) is 0 Å². The van der Waals surface area contributed by atoms with E-state index >= 15 is 0 Å². The Morgan fingerprint density at radius 2 is 1.84 bits per heavy atom. The van der Waals surface area contributed by atoms with Gasteiger partial charge < -0.3 is 4.90 Å². The average Bonchev–Trinajstić information content (AvgIpc) is 3.08. The third kappa shape index (κ3) is 3.10. The zero-order valence-electron chi connectivity index (χ0n) is 21.9. The van der Waals surface area contributed by atoms with E-state index < -0.39 is 0 Å². The molecule has 0 amide bonds. The molecule has 0 aromatic carbocycles. The van der Waals surface area contributed by atoms with Gasteiger partial charge in [-0.3, -0.25) is 4.79 Å². The first kappa shape index (κ1) is 23.1. The van der Waals surface area contributed by atoms with Crippen LogP contribution in [0.1, 0.15) is 98.8 Å². The molecule has 5 rings (SSSR count). The van der Waals surface area contributed by atoms with Crippen LogP contribution in [-0.2, 0) is 4.79 Å². The molecule has 3 saturated carbocycles. The van der Waals surface area contributed by atoms with Crippen LogP contribution in [-0.4, -0.2) is 30.8 Å². The zero-order valence-corrected chi connectivity index (χ0v) is 21.9. The number of rotatable bonds is 5. The number of piperidine rings is 1. The van der Waals surface area contributed by atoms with Crippen LogP contribution in [0, 0.1) is 51.8 Å². The zero-order chi connectivity index (χ0) is 22.9. The Morgan fingerprint density at radius 1 is 1.06 bits per heavy atom. The minimum Gasteiger partial charge on any atom is -0.304 e. The Balaban J connectivity index is 1.50. The number of Topliss-reactive ketones (excluding diaryl/α,β-unsaturated/α-hetero) is 1. The predicted molar refractivity (Wildman–Crippen MR) is 133 cm³/mol. The summed E-state index contributed by atoms with van der Waals surface area (Å²) in [6.45, 7) is 14.5. The first-order chi connectivity index (χ1) is 15.1. The van der Waals surface area contributed by atoms with Crippen molar-refractivity contribution in [3.63, 3.8) is 0 Å². The lowest BCUT2D eigenvalue weighted by molar-refractivity contribution is -0.184. The Bertz CT molecular complexity index is 784. The van der Waals surface area contributed by atoms with Gasteiger partial charge in [-0.05, 0) is 92.4 Å². The molecule has 4 aliphatic carbocycles. The molecule has 1 spiro atoms. The van der Waals surface area contributed by atoms with Crippen molar-refractivity contribution in [3.8, 4) is 0 Å². The molecule has 1 saturated heterocycles. The van der Waals surface area contributed by atoms with Crippen molar-refractivity contribution in [1.82, 2.24) is 4.90 Å². The summed E-state index contributed by atoms with van der Waals surface area (Å²) in [6, 6.07) is 0. The fraction of sp³-hybridized carbons (Fsp3) is 0.900. The number of fused-ring (bicyclic) bond motifs is 5. The molecule has 1 aliphatic heterocycles. The molecule has 5 aliphatic rings. The Hall–Kier alpha value is -0.630. The molecule has 0 aromatic heterocycles. The minimum absolute atomic E-state index is 0.0828. The van der Waals surface area contributed by atoms with E-state index in [1.165, 1.54) is 64.2 Å². The first-order valence-electron chi connectivity index (χ1n) is 14.1. The van der Waals surface area contributed by atoms with Gasteiger partial charge in [-0.1, -0.05) is 65.5 Å². The van der Waals surface area contributed by atoms with Gasteiger partial charge in [0, 0.05) is 18.5 Å². The summed E-state index contributed by atoms with van der Waals surface area (Å²) < 4.78 is 0.